The van der Waals surface area contributed by atoms with Crippen LogP contribution in [-0.2, 0) is 11.2 Å². The van der Waals surface area contributed by atoms with Gasteiger partial charge in [-0.05, 0) is 80.2 Å². The van der Waals surface area contributed by atoms with Gasteiger partial charge in [0.05, 0.1) is 0 Å². The van der Waals surface area contributed by atoms with Gasteiger partial charge in [-0.2, -0.15) is 0 Å². The third-order valence-electron chi connectivity index (χ3n) is 5.39. The molecule has 0 saturated heterocycles. The quantitative estimate of drug-likeness (QED) is 0.443. The Kier molecular flexibility index (Phi) is 8.09. The van der Waals surface area contributed by atoms with E-state index in [0.29, 0.717) is 24.0 Å². The number of ketones is 1. The van der Waals surface area contributed by atoms with Crippen molar-refractivity contribution in [1.82, 2.24) is 0 Å². The van der Waals surface area contributed by atoms with Crippen molar-refractivity contribution in [2.24, 2.45) is 5.92 Å². The zero-order chi connectivity index (χ0) is 19.8. The number of rotatable bonds is 10. The van der Waals surface area contributed by atoms with Crippen LogP contribution in [-0.4, -0.2) is 5.78 Å². The number of benzene rings is 2. The van der Waals surface area contributed by atoms with Crippen molar-refractivity contribution in [3.63, 3.8) is 0 Å². The summed E-state index contributed by atoms with van der Waals surface area (Å²) in [6.45, 7) is 10.5. The molecule has 27 heavy (non-hydrogen) atoms. The zero-order valence-corrected chi connectivity index (χ0v) is 17.5. The second-order valence-electron chi connectivity index (χ2n) is 7.74. The first-order valence-electron chi connectivity index (χ1n) is 10.3. The average molecular weight is 367 g/mol. The molecular weight excluding hydrogens is 332 g/mol. The van der Waals surface area contributed by atoms with Gasteiger partial charge in [0.25, 0.3) is 0 Å². The summed E-state index contributed by atoms with van der Waals surface area (Å²) in [6.07, 6.45) is 4.95. The highest BCUT2D eigenvalue weighted by atomic mass is 16.5. The highest BCUT2D eigenvalue weighted by Crippen LogP contribution is 2.38. The minimum Gasteiger partial charge on any atom is -0.457 e. The number of para-hydroxylation sites is 1. The maximum atomic E-state index is 11.4. The molecule has 0 aromatic heterocycles. The van der Waals surface area contributed by atoms with Crippen molar-refractivity contribution >= 4 is 5.78 Å². The van der Waals surface area contributed by atoms with E-state index in [0.717, 1.165) is 37.2 Å². The van der Waals surface area contributed by atoms with Crippen molar-refractivity contribution in [2.45, 2.75) is 72.6 Å². The van der Waals surface area contributed by atoms with Crippen LogP contribution in [0, 0.1) is 12.8 Å². The Morgan fingerprint density at radius 1 is 1.04 bits per heavy atom. The molecule has 0 aliphatic carbocycles. The molecule has 0 saturated carbocycles. The lowest BCUT2D eigenvalue weighted by molar-refractivity contribution is -0.117. The van der Waals surface area contributed by atoms with Gasteiger partial charge in [-0.3, -0.25) is 0 Å². The first-order chi connectivity index (χ1) is 13.0. The molecule has 2 nitrogen and oxygen atoms in total. The Morgan fingerprint density at radius 2 is 1.74 bits per heavy atom. The number of hydrogen-bond donors (Lipinski definition) is 0. The lowest BCUT2D eigenvalue weighted by Gasteiger charge is -2.23. The summed E-state index contributed by atoms with van der Waals surface area (Å²) < 4.78 is 6.30. The van der Waals surface area contributed by atoms with Crippen LogP contribution in [0.2, 0.25) is 0 Å². The number of aryl methyl sites for hydroxylation is 1. The molecule has 0 heterocycles. The van der Waals surface area contributed by atoms with Gasteiger partial charge in [0.15, 0.2) is 0 Å². The van der Waals surface area contributed by atoms with Crippen LogP contribution in [0.25, 0.3) is 0 Å². The molecule has 0 spiro atoms. The Balaban J connectivity index is 2.26. The highest BCUT2D eigenvalue weighted by Gasteiger charge is 2.19. The summed E-state index contributed by atoms with van der Waals surface area (Å²) in [4.78, 5) is 11.4. The van der Waals surface area contributed by atoms with E-state index in [2.05, 4.69) is 39.8 Å². The maximum absolute atomic E-state index is 11.4. The third-order valence-corrected chi connectivity index (χ3v) is 5.39. The first-order valence-corrected chi connectivity index (χ1v) is 10.3. The third kappa shape index (κ3) is 5.95. The van der Waals surface area contributed by atoms with Crippen LogP contribution in [0.15, 0.2) is 42.5 Å². The van der Waals surface area contributed by atoms with E-state index in [1.54, 1.807) is 6.92 Å². The van der Waals surface area contributed by atoms with E-state index in [1.165, 1.54) is 16.7 Å². The topological polar surface area (TPSA) is 26.3 Å². The van der Waals surface area contributed by atoms with E-state index < -0.39 is 0 Å². The average Bonchev–Trinajstić information content (AvgIpc) is 2.64. The smallest absolute Gasteiger partial charge is 0.133 e. The summed E-state index contributed by atoms with van der Waals surface area (Å²) in [5, 5.41) is 0. The van der Waals surface area contributed by atoms with Gasteiger partial charge in [0, 0.05) is 6.42 Å². The zero-order valence-electron chi connectivity index (χ0n) is 17.5. The van der Waals surface area contributed by atoms with Crippen LogP contribution in [0.1, 0.15) is 76.0 Å². The molecule has 2 aromatic rings. The molecule has 2 rings (SSSR count). The lowest BCUT2D eigenvalue weighted by atomic mass is 9.84. The number of Topliss-reactive ketones (excluding diaryl/α,β-unsaturated/α-hetero) is 1. The lowest BCUT2D eigenvalue weighted by Crippen LogP contribution is -2.08. The van der Waals surface area contributed by atoms with Crippen LogP contribution in [0.4, 0.5) is 0 Å². The van der Waals surface area contributed by atoms with E-state index >= 15 is 0 Å². The number of hydrogen-bond acceptors (Lipinski definition) is 2. The highest BCUT2D eigenvalue weighted by molar-refractivity contribution is 5.75. The molecule has 2 atom stereocenters. The number of carbonyl (C=O) groups excluding carboxylic acids is 1. The summed E-state index contributed by atoms with van der Waals surface area (Å²) in [5.74, 6) is 3.14. The first kappa shape index (κ1) is 21.2. The second kappa shape index (κ2) is 10.3. The van der Waals surface area contributed by atoms with Crippen LogP contribution >= 0.6 is 0 Å². The monoisotopic (exact) mass is 366 g/mol. The maximum Gasteiger partial charge on any atom is 0.133 e. The fourth-order valence-electron chi connectivity index (χ4n) is 3.91. The molecule has 2 unspecified atom stereocenters. The Bertz CT molecular complexity index is 733. The van der Waals surface area contributed by atoms with Crippen LogP contribution < -0.4 is 4.74 Å². The van der Waals surface area contributed by atoms with Crippen molar-refractivity contribution in [3.8, 4) is 11.5 Å². The van der Waals surface area contributed by atoms with Gasteiger partial charge in [0.1, 0.15) is 17.3 Å². The van der Waals surface area contributed by atoms with Crippen LogP contribution in [0.5, 0.6) is 11.5 Å². The number of carbonyl (C=O) groups is 1. The van der Waals surface area contributed by atoms with Crippen molar-refractivity contribution in [2.75, 3.05) is 0 Å². The summed E-state index contributed by atoms with van der Waals surface area (Å²) in [5.41, 5.74) is 3.91. The van der Waals surface area contributed by atoms with Gasteiger partial charge in [-0.25, -0.2) is 0 Å². The summed E-state index contributed by atoms with van der Waals surface area (Å²) in [7, 11) is 0. The van der Waals surface area contributed by atoms with Crippen molar-refractivity contribution < 1.29 is 9.53 Å². The normalized spacial score (nSPS) is 13.2. The van der Waals surface area contributed by atoms with Gasteiger partial charge >= 0.3 is 0 Å². The molecule has 2 aromatic carbocycles. The van der Waals surface area contributed by atoms with Gasteiger partial charge < -0.3 is 9.53 Å². The molecule has 0 radical (unpaired) electrons. The van der Waals surface area contributed by atoms with Crippen LogP contribution in [0.3, 0.4) is 0 Å². The Hall–Kier alpha value is -2.09. The molecule has 2 heteroatoms. The van der Waals surface area contributed by atoms with Gasteiger partial charge in [-0.1, -0.05) is 51.1 Å². The standard InChI is InChI=1S/C25H34O2/c1-6-21(15-13-18(3)17-20(5)26)24-16-14-19(4)25(23(24)7-2)27-22-11-9-8-10-12-22/h8-12,14,16,18,21H,6-7,13,15,17H2,1-5H3. The number of ether oxygens (including phenoxy) is 1. The fourth-order valence-corrected chi connectivity index (χ4v) is 3.91. The largest absolute Gasteiger partial charge is 0.457 e. The van der Waals surface area contributed by atoms with E-state index in [9.17, 15) is 4.79 Å². The fraction of sp³-hybridized carbons (Fsp3) is 0.480. The molecule has 0 fully saturated rings. The van der Waals surface area contributed by atoms with E-state index in [1.807, 2.05) is 30.3 Å². The van der Waals surface area contributed by atoms with Crippen molar-refractivity contribution in [3.05, 3.63) is 59.2 Å². The van der Waals surface area contributed by atoms with E-state index in [4.69, 9.17) is 4.74 Å². The second-order valence-corrected chi connectivity index (χ2v) is 7.74. The predicted octanol–water partition coefficient (Wildman–Crippen LogP) is 7.24. The SMILES string of the molecule is CCc1c(C(CC)CCC(C)CC(C)=O)ccc(C)c1Oc1ccccc1. The molecule has 0 aliphatic heterocycles. The molecule has 0 bridgehead atoms. The Labute approximate surface area is 165 Å². The van der Waals surface area contributed by atoms with E-state index in [-0.39, 0.29) is 0 Å². The summed E-state index contributed by atoms with van der Waals surface area (Å²) in [6, 6.07) is 14.5. The molecule has 146 valence electrons. The molecule has 0 amide bonds. The molecule has 0 aliphatic rings. The molecule has 0 N–H and O–H groups in total. The minimum atomic E-state index is 0.290. The molecular formula is C25H34O2. The minimum absolute atomic E-state index is 0.290. The predicted molar refractivity (Wildman–Crippen MR) is 114 cm³/mol. The summed E-state index contributed by atoms with van der Waals surface area (Å²) >= 11 is 0. The van der Waals surface area contributed by atoms with Gasteiger partial charge in [0.2, 0.25) is 0 Å². The van der Waals surface area contributed by atoms with Gasteiger partial charge in [-0.15, -0.1) is 0 Å². The van der Waals surface area contributed by atoms with Crippen molar-refractivity contribution in [1.29, 1.82) is 0 Å². The Morgan fingerprint density at radius 3 is 2.33 bits per heavy atom.